The van der Waals surface area contributed by atoms with E-state index >= 15 is 0 Å². The number of rotatable bonds is 3. The lowest BCUT2D eigenvalue weighted by Crippen LogP contribution is -2.30. The van der Waals surface area contributed by atoms with Crippen LogP contribution in [0.5, 0.6) is 0 Å². The van der Waals surface area contributed by atoms with Crippen LogP contribution in [0.2, 0.25) is 0 Å². The Labute approximate surface area is 93.7 Å². The first-order valence-electron chi connectivity index (χ1n) is 5.54. The van der Waals surface area contributed by atoms with Crippen molar-refractivity contribution in [2.45, 2.75) is 45.2 Å². The van der Waals surface area contributed by atoms with Crippen LogP contribution < -0.4 is 0 Å². The number of carbonyl (C=O) groups excluding carboxylic acids is 1. The summed E-state index contributed by atoms with van der Waals surface area (Å²) in [5.74, 6) is -1.34. The highest BCUT2D eigenvalue weighted by atomic mass is 19.4. The van der Waals surface area contributed by atoms with Crippen molar-refractivity contribution in [3.8, 4) is 0 Å². The lowest BCUT2D eigenvalue weighted by Gasteiger charge is -2.29. The van der Waals surface area contributed by atoms with Gasteiger partial charge in [-0.1, -0.05) is 12.2 Å². The number of carbonyl (C=O) groups is 1. The third-order valence-electron chi connectivity index (χ3n) is 3.12. The summed E-state index contributed by atoms with van der Waals surface area (Å²) in [6.07, 6.45) is -2.86. The fraction of sp³-hybridized carbons (Fsp3) is 0.750. The first-order chi connectivity index (χ1) is 7.30. The molecule has 0 bridgehead atoms. The number of Topliss-reactive ketones (excluding diaryl/α,β-unsaturated/α-hetero) is 1. The Morgan fingerprint density at radius 1 is 1.25 bits per heavy atom. The molecule has 0 amide bonds. The summed E-state index contributed by atoms with van der Waals surface area (Å²) in [4.78, 5) is 11.6. The minimum absolute atomic E-state index is 0.0492. The van der Waals surface area contributed by atoms with Gasteiger partial charge >= 0.3 is 6.18 Å². The van der Waals surface area contributed by atoms with E-state index in [1.807, 2.05) is 0 Å². The van der Waals surface area contributed by atoms with Crippen LogP contribution in [-0.2, 0) is 4.79 Å². The van der Waals surface area contributed by atoms with Crippen LogP contribution in [0.3, 0.4) is 0 Å². The molecule has 0 atom stereocenters. The summed E-state index contributed by atoms with van der Waals surface area (Å²) in [6, 6.07) is 0. The van der Waals surface area contributed by atoms with Crippen molar-refractivity contribution in [1.29, 1.82) is 0 Å². The summed E-state index contributed by atoms with van der Waals surface area (Å²) in [7, 11) is 0. The van der Waals surface area contributed by atoms with Gasteiger partial charge in [0.1, 0.15) is 5.78 Å². The Bertz CT molecular complexity index is 272. The summed E-state index contributed by atoms with van der Waals surface area (Å²) < 4.78 is 37.1. The molecule has 0 heterocycles. The molecule has 92 valence electrons. The molecule has 0 aromatic rings. The van der Waals surface area contributed by atoms with E-state index in [-0.39, 0.29) is 24.5 Å². The van der Waals surface area contributed by atoms with Crippen molar-refractivity contribution < 1.29 is 18.0 Å². The SMILES string of the molecule is C=C(C)CC(=O)C1CCC(C(F)(F)F)CC1. The lowest BCUT2D eigenvalue weighted by molar-refractivity contribution is -0.184. The number of allylic oxidation sites excluding steroid dienone is 1. The van der Waals surface area contributed by atoms with E-state index in [0.29, 0.717) is 19.3 Å². The average molecular weight is 234 g/mol. The van der Waals surface area contributed by atoms with E-state index in [4.69, 9.17) is 0 Å². The minimum atomic E-state index is -4.09. The molecule has 0 unspecified atom stereocenters. The highest BCUT2D eigenvalue weighted by Crippen LogP contribution is 2.40. The summed E-state index contributed by atoms with van der Waals surface area (Å²) in [5, 5.41) is 0. The van der Waals surface area contributed by atoms with Gasteiger partial charge in [0.25, 0.3) is 0 Å². The number of alkyl halides is 3. The third-order valence-corrected chi connectivity index (χ3v) is 3.12. The van der Waals surface area contributed by atoms with Crippen LogP contribution in [0.25, 0.3) is 0 Å². The van der Waals surface area contributed by atoms with Gasteiger partial charge in [-0.2, -0.15) is 13.2 Å². The maximum absolute atomic E-state index is 12.4. The van der Waals surface area contributed by atoms with Gasteiger partial charge in [0.2, 0.25) is 0 Å². The van der Waals surface area contributed by atoms with E-state index in [0.717, 1.165) is 5.57 Å². The second-order valence-electron chi connectivity index (χ2n) is 4.69. The maximum atomic E-state index is 12.4. The molecule has 0 spiro atoms. The standard InChI is InChI=1S/C12H17F3O/c1-8(2)7-11(16)9-3-5-10(6-4-9)12(13,14)15/h9-10H,1,3-7H2,2H3. The van der Waals surface area contributed by atoms with Gasteiger partial charge in [-0.3, -0.25) is 4.79 Å². The number of hydrogen-bond donors (Lipinski definition) is 0. The first-order valence-corrected chi connectivity index (χ1v) is 5.54. The van der Waals surface area contributed by atoms with Crippen molar-refractivity contribution in [2.75, 3.05) is 0 Å². The predicted molar refractivity (Wildman–Crippen MR) is 55.9 cm³/mol. The molecule has 0 aromatic heterocycles. The minimum Gasteiger partial charge on any atom is -0.299 e. The molecule has 1 saturated carbocycles. The van der Waals surface area contributed by atoms with E-state index in [2.05, 4.69) is 6.58 Å². The Morgan fingerprint density at radius 2 is 1.75 bits per heavy atom. The molecule has 1 aliphatic carbocycles. The number of hydrogen-bond acceptors (Lipinski definition) is 1. The van der Waals surface area contributed by atoms with Crippen LogP contribution in [0.1, 0.15) is 39.0 Å². The second-order valence-corrected chi connectivity index (χ2v) is 4.69. The molecule has 0 radical (unpaired) electrons. The van der Waals surface area contributed by atoms with E-state index in [1.165, 1.54) is 0 Å². The van der Waals surface area contributed by atoms with E-state index in [9.17, 15) is 18.0 Å². The Kier molecular flexibility index (Phi) is 4.16. The van der Waals surface area contributed by atoms with Crippen molar-refractivity contribution in [1.82, 2.24) is 0 Å². The zero-order chi connectivity index (χ0) is 12.3. The van der Waals surface area contributed by atoms with Crippen molar-refractivity contribution in [3.63, 3.8) is 0 Å². The normalized spacial score (nSPS) is 26.5. The molecule has 0 aromatic carbocycles. The summed E-state index contributed by atoms with van der Waals surface area (Å²) in [6.45, 7) is 5.41. The smallest absolute Gasteiger partial charge is 0.299 e. The summed E-state index contributed by atoms with van der Waals surface area (Å²) in [5.41, 5.74) is 0.781. The number of halogens is 3. The van der Waals surface area contributed by atoms with Gasteiger partial charge in [0, 0.05) is 12.3 Å². The molecule has 0 saturated heterocycles. The zero-order valence-electron chi connectivity index (χ0n) is 9.44. The fourth-order valence-corrected chi connectivity index (χ4v) is 2.18. The van der Waals surface area contributed by atoms with Crippen LogP contribution in [0, 0.1) is 11.8 Å². The first kappa shape index (κ1) is 13.3. The van der Waals surface area contributed by atoms with E-state index < -0.39 is 12.1 Å². The quantitative estimate of drug-likeness (QED) is 0.677. The monoisotopic (exact) mass is 234 g/mol. The highest BCUT2D eigenvalue weighted by Gasteiger charge is 2.42. The topological polar surface area (TPSA) is 17.1 Å². The van der Waals surface area contributed by atoms with Crippen LogP contribution in [0.4, 0.5) is 13.2 Å². The summed E-state index contributed by atoms with van der Waals surface area (Å²) >= 11 is 0. The molecule has 1 rings (SSSR count). The Hall–Kier alpha value is -0.800. The fourth-order valence-electron chi connectivity index (χ4n) is 2.18. The van der Waals surface area contributed by atoms with Crippen molar-refractivity contribution >= 4 is 5.78 Å². The molecule has 1 aliphatic rings. The van der Waals surface area contributed by atoms with Gasteiger partial charge in [-0.25, -0.2) is 0 Å². The van der Waals surface area contributed by atoms with Crippen LogP contribution in [0.15, 0.2) is 12.2 Å². The highest BCUT2D eigenvalue weighted by molar-refractivity contribution is 5.83. The van der Waals surface area contributed by atoms with Gasteiger partial charge in [0.05, 0.1) is 5.92 Å². The third kappa shape index (κ3) is 3.65. The van der Waals surface area contributed by atoms with Gasteiger partial charge in [0.15, 0.2) is 0 Å². The maximum Gasteiger partial charge on any atom is 0.391 e. The van der Waals surface area contributed by atoms with Crippen molar-refractivity contribution in [2.24, 2.45) is 11.8 Å². The number of ketones is 1. The van der Waals surface area contributed by atoms with Crippen molar-refractivity contribution in [3.05, 3.63) is 12.2 Å². The molecular formula is C12H17F3O. The average Bonchev–Trinajstić information content (AvgIpc) is 2.15. The predicted octanol–water partition coefficient (Wildman–Crippen LogP) is 3.89. The molecule has 0 N–H and O–H groups in total. The lowest BCUT2D eigenvalue weighted by atomic mass is 9.79. The molecule has 1 nitrogen and oxygen atoms in total. The molecule has 1 fully saturated rings. The second kappa shape index (κ2) is 5.02. The van der Waals surface area contributed by atoms with E-state index in [1.54, 1.807) is 6.92 Å². The van der Waals surface area contributed by atoms with Gasteiger partial charge < -0.3 is 0 Å². The van der Waals surface area contributed by atoms with Crippen LogP contribution >= 0.6 is 0 Å². The molecule has 16 heavy (non-hydrogen) atoms. The van der Waals surface area contributed by atoms with Gasteiger partial charge in [-0.05, 0) is 32.6 Å². The largest absolute Gasteiger partial charge is 0.391 e. The van der Waals surface area contributed by atoms with Gasteiger partial charge in [-0.15, -0.1) is 0 Å². The molecule has 4 heteroatoms. The Balaban J connectivity index is 2.43. The Morgan fingerprint density at radius 3 is 2.12 bits per heavy atom. The van der Waals surface area contributed by atoms with Crippen LogP contribution in [-0.4, -0.2) is 12.0 Å². The molecule has 0 aliphatic heterocycles. The zero-order valence-corrected chi connectivity index (χ0v) is 9.44. The molecular weight excluding hydrogens is 217 g/mol.